The molecule has 4 nitrogen and oxygen atoms in total. The third-order valence-electron chi connectivity index (χ3n) is 5.41. The van der Waals surface area contributed by atoms with Crippen LogP contribution in [0.25, 0.3) is 0 Å². The molecule has 1 spiro atoms. The summed E-state index contributed by atoms with van der Waals surface area (Å²) in [4.78, 5) is 9.81. The van der Waals surface area contributed by atoms with Gasteiger partial charge in [-0.2, -0.15) is 0 Å². The van der Waals surface area contributed by atoms with E-state index in [-0.39, 0.29) is 0 Å². The second-order valence-corrected chi connectivity index (χ2v) is 7.97. The fourth-order valence-corrected chi connectivity index (χ4v) is 3.81. The SMILES string of the molecule is CCNC(=NCC(CC(C)C)N(C)C)N1CCC2(CCC2)C1. The van der Waals surface area contributed by atoms with Gasteiger partial charge in [-0.1, -0.05) is 20.3 Å². The van der Waals surface area contributed by atoms with Gasteiger partial charge in [0.25, 0.3) is 0 Å². The van der Waals surface area contributed by atoms with Crippen LogP contribution in [0.15, 0.2) is 4.99 Å². The van der Waals surface area contributed by atoms with E-state index in [1.807, 2.05) is 0 Å². The van der Waals surface area contributed by atoms with Crippen LogP contribution < -0.4 is 5.32 Å². The zero-order valence-corrected chi connectivity index (χ0v) is 15.4. The Labute approximate surface area is 137 Å². The van der Waals surface area contributed by atoms with Crippen LogP contribution in [-0.4, -0.2) is 62.1 Å². The molecule has 128 valence electrons. The van der Waals surface area contributed by atoms with Crippen LogP contribution in [0.5, 0.6) is 0 Å². The topological polar surface area (TPSA) is 30.9 Å². The average Bonchev–Trinajstić information content (AvgIpc) is 2.86. The van der Waals surface area contributed by atoms with Crippen LogP contribution in [0.4, 0.5) is 0 Å². The molecule has 1 heterocycles. The van der Waals surface area contributed by atoms with Gasteiger partial charge in [-0.3, -0.25) is 4.99 Å². The molecule has 1 saturated carbocycles. The second-order valence-electron chi connectivity index (χ2n) is 7.97. The van der Waals surface area contributed by atoms with Crippen molar-refractivity contribution >= 4 is 5.96 Å². The van der Waals surface area contributed by atoms with Gasteiger partial charge in [0.1, 0.15) is 0 Å². The first kappa shape index (κ1) is 17.6. The summed E-state index contributed by atoms with van der Waals surface area (Å²) in [5.74, 6) is 1.86. The van der Waals surface area contributed by atoms with Crippen molar-refractivity contribution in [1.82, 2.24) is 15.1 Å². The van der Waals surface area contributed by atoms with Gasteiger partial charge in [0.15, 0.2) is 5.96 Å². The van der Waals surface area contributed by atoms with Crippen LogP contribution >= 0.6 is 0 Å². The van der Waals surface area contributed by atoms with Crippen molar-refractivity contribution in [3.05, 3.63) is 0 Å². The molecule has 0 aromatic rings. The number of rotatable bonds is 6. The van der Waals surface area contributed by atoms with E-state index in [1.54, 1.807) is 0 Å². The van der Waals surface area contributed by atoms with Gasteiger partial charge >= 0.3 is 0 Å². The molecule has 1 N–H and O–H groups in total. The first-order valence-electron chi connectivity index (χ1n) is 9.15. The number of likely N-dealkylation sites (tertiary alicyclic amines) is 1. The normalized spacial score (nSPS) is 22.5. The van der Waals surface area contributed by atoms with Gasteiger partial charge in [0.05, 0.1) is 6.54 Å². The molecule has 2 fully saturated rings. The molecule has 4 heteroatoms. The predicted octanol–water partition coefficient (Wildman–Crippen LogP) is 2.80. The summed E-state index contributed by atoms with van der Waals surface area (Å²) in [6, 6.07) is 0.536. The van der Waals surface area contributed by atoms with Crippen molar-refractivity contribution in [3.63, 3.8) is 0 Å². The summed E-state index contributed by atoms with van der Waals surface area (Å²) in [5, 5.41) is 3.52. The number of hydrogen-bond acceptors (Lipinski definition) is 2. The van der Waals surface area contributed by atoms with Crippen molar-refractivity contribution in [2.45, 2.75) is 58.9 Å². The van der Waals surface area contributed by atoms with Gasteiger partial charge in [-0.15, -0.1) is 0 Å². The zero-order chi connectivity index (χ0) is 16.2. The Morgan fingerprint density at radius 2 is 2.00 bits per heavy atom. The van der Waals surface area contributed by atoms with Crippen LogP contribution in [0.1, 0.15) is 52.9 Å². The third-order valence-corrected chi connectivity index (χ3v) is 5.41. The minimum atomic E-state index is 0.536. The number of nitrogens with zero attached hydrogens (tertiary/aromatic N) is 3. The first-order valence-corrected chi connectivity index (χ1v) is 9.15. The highest BCUT2D eigenvalue weighted by Gasteiger charge is 2.43. The standard InChI is InChI=1S/C18H36N4/c1-6-19-17(20-13-16(21(4)5)12-15(2)3)22-11-10-18(14-22)8-7-9-18/h15-16H,6-14H2,1-5H3,(H,19,20). The van der Waals surface area contributed by atoms with Crippen LogP contribution in [0, 0.1) is 11.3 Å². The second kappa shape index (κ2) is 7.67. The van der Waals surface area contributed by atoms with E-state index in [1.165, 1.54) is 45.2 Å². The monoisotopic (exact) mass is 308 g/mol. The predicted molar refractivity (Wildman–Crippen MR) is 95.4 cm³/mol. The fraction of sp³-hybridized carbons (Fsp3) is 0.944. The highest BCUT2D eigenvalue weighted by atomic mass is 15.3. The lowest BCUT2D eigenvalue weighted by Gasteiger charge is -2.38. The average molecular weight is 309 g/mol. The van der Waals surface area contributed by atoms with Gasteiger partial charge in [-0.05, 0) is 58.0 Å². The van der Waals surface area contributed by atoms with E-state index >= 15 is 0 Å². The minimum Gasteiger partial charge on any atom is -0.357 e. The number of aliphatic imine (C=N–C) groups is 1. The van der Waals surface area contributed by atoms with Crippen LogP contribution in [0.2, 0.25) is 0 Å². The quantitative estimate of drug-likeness (QED) is 0.605. The van der Waals surface area contributed by atoms with Gasteiger partial charge in [0, 0.05) is 25.7 Å². The molecule has 0 aromatic carbocycles. The Kier molecular flexibility index (Phi) is 6.13. The molecule has 1 unspecified atom stereocenters. The van der Waals surface area contributed by atoms with Crippen LogP contribution in [0.3, 0.4) is 0 Å². The molecule has 0 amide bonds. The summed E-state index contributed by atoms with van der Waals surface area (Å²) in [6.45, 7) is 11.0. The van der Waals surface area contributed by atoms with E-state index in [0.717, 1.165) is 25.0 Å². The molecule has 1 saturated heterocycles. The van der Waals surface area contributed by atoms with Crippen LogP contribution in [-0.2, 0) is 0 Å². The zero-order valence-electron chi connectivity index (χ0n) is 15.4. The lowest BCUT2D eigenvalue weighted by Crippen LogP contribution is -2.43. The van der Waals surface area contributed by atoms with Gasteiger partial charge in [-0.25, -0.2) is 0 Å². The maximum atomic E-state index is 4.98. The van der Waals surface area contributed by atoms with Crippen molar-refractivity contribution in [3.8, 4) is 0 Å². The lowest BCUT2D eigenvalue weighted by molar-refractivity contribution is 0.151. The smallest absolute Gasteiger partial charge is 0.193 e. The van der Waals surface area contributed by atoms with Crippen molar-refractivity contribution < 1.29 is 0 Å². The molecule has 1 atom stereocenters. The lowest BCUT2D eigenvalue weighted by atomic mass is 9.68. The number of guanidine groups is 1. The van der Waals surface area contributed by atoms with E-state index in [0.29, 0.717) is 11.5 Å². The molecular formula is C18H36N4. The van der Waals surface area contributed by atoms with E-state index in [9.17, 15) is 0 Å². The first-order chi connectivity index (χ1) is 10.5. The Bertz CT molecular complexity index is 371. The molecule has 0 radical (unpaired) electrons. The molecule has 2 rings (SSSR count). The highest BCUT2D eigenvalue weighted by molar-refractivity contribution is 5.80. The number of hydrogen-bond donors (Lipinski definition) is 1. The summed E-state index contributed by atoms with van der Waals surface area (Å²) in [7, 11) is 4.35. The fourth-order valence-electron chi connectivity index (χ4n) is 3.81. The Balaban J connectivity index is 1.97. The molecular weight excluding hydrogens is 272 g/mol. The Hall–Kier alpha value is -0.770. The van der Waals surface area contributed by atoms with E-state index in [4.69, 9.17) is 4.99 Å². The number of nitrogens with one attached hydrogen (secondary N) is 1. The number of likely N-dealkylation sites (N-methyl/N-ethyl adjacent to an activating group) is 1. The maximum absolute atomic E-state index is 4.98. The summed E-state index contributed by atoms with van der Waals surface area (Å²) in [5.41, 5.74) is 0.634. The van der Waals surface area contributed by atoms with Crippen molar-refractivity contribution in [2.24, 2.45) is 16.3 Å². The Morgan fingerprint density at radius 3 is 2.45 bits per heavy atom. The van der Waals surface area contributed by atoms with E-state index < -0.39 is 0 Å². The summed E-state index contributed by atoms with van der Waals surface area (Å²) in [6.07, 6.45) is 6.85. The molecule has 0 bridgehead atoms. The molecule has 2 aliphatic rings. The van der Waals surface area contributed by atoms with Gasteiger partial charge < -0.3 is 15.1 Å². The third kappa shape index (κ3) is 4.37. The van der Waals surface area contributed by atoms with Crippen molar-refractivity contribution in [2.75, 3.05) is 40.3 Å². The molecule has 1 aliphatic heterocycles. The maximum Gasteiger partial charge on any atom is 0.193 e. The summed E-state index contributed by atoms with van der Waals surface area (Å²) >= 11 is 0. The largest absolute Gasteiger partial charge is 0.357 e. The minimum absolute atomic E-state index is 0.536. The molecule has 1 aliphatic carbocycles. The van der Waals surface area contributed by atoms with Gasteiger partial charge in [0.2, 0.25) is 0 Å². The Morgan fingerprint density at radius 1 is 1.27 bits per heavy atom. The summed E-state index contributed by atoms with van der Waals surface area (Å²) < 4.78 is 0. The molecule has 22 heavy (non-hydrogen) atoms. The van der Waals surface area contributed by atoms with Crippen molar-refractivity contribution in [1.29, 1.82) is 0 Å². The van der Waals surface area contributed by atoms with E-state index in [2.05, 4.69) is 50.0 Å². The highest BCUT2D eigenvalue weighted by Crippen LogP contribution is 2.47. The molecule has 0 aromatic heterocycles.